The van der Waals surface area contributed by atoms with Crippen LogP contribution >= 0.6 is 11.8 Å². The van der Waals surface area contributed by atoms with Crippen LogP contribution in [0.4, 0.5) is 5.95 Å². The van der Waals surface area contributed by atoms with E-state index in [-0.39, 0.29) is 43.4 Å². The molecule has 0 saturated carbocycles. The van der Waals surface area contributed by atoms with Crippen molar-refractivity contribution in [3.8, 4) is 0 Å². The molecule has 2 aromatic rings. The normalized spacial score (nSPS) is 18.8. The zero-order chi connectivity index (χ0) is 24.2. The zero-order valence-electron chi connectivity index (χ0n) is 19.4. The predicted octanol–water partition coefficient (Wildman–Crippen LogP) is 2.48. The topological polar surface area (TPSA) is 108 Å². The number of anilines is 1. The van der Waals surface area contributed by atoms with Gasteiger partial charge >= 0.3 is 17.3 Å². The van der Waals surface area contributed by atoms with Crippen molar-refractivity contribution in [1.29, 1.82) is 0 Å². The van der Waals surface area contributed by atoms with Crippen molar-refractivity contribution in [2.75, 3.05) is 11.9 Å². The van der Waals surface area contributed by atoms with Gasteiger partial charge in [0.05, 0.1) is 35.9 Å². The molecule has 0 bridgehead atoms. The summed E-state index contributed by atoms with van der Waals surface area (Å²) in [6.07, 6.45) is 5.83. The Bertz CT molecular complexity index is 1290. The summed E-state index contributed by atoms with van der Waals surface area (Å²) in [5, 5.41) is 4.35. The van der Waals surface area contributed by atoms with Gasteiger partial charge in [0.25, 0.3) is 0 Å². The Morgan fingerprint density at radius 1 is 1.18 bits per heavy atom. The van der Waals surface area contributed by atoms with E-state index in [1.54, 1.807) is 18.7 Å². The van der Waals surface area contributed by atoms with E-state index in [1.807, 2.05) is 56.3 Å². The number of aromatic nitrogens is 3. The Balaban J connectivity index is 1.67. The van der Waals surface area contributed by atoms with Crippen molar-refractivity contribution in [2.24, 2.45) is 4.99 Å². The van der Waals surface area contributed by atoms with Crippen molar-refractivity contribution < 1.29 is 9.53 Å². The molecule has 2 atom stereocenters. The lowest BCUT2D eigenvalue weighted by Crippen LogP contribution is -2.43. The number of nitrogens with one attached hydrogen (secondary N) is 1. The van der Waals surface area contributed by atoms with Crippen LogP contribution in [0.2, 0.25) is 0 Å². The summed E-state index contributed by atoms with van der Waals surface area (Å²) in [4.78, 5) is 46.6. The number of aliphatic imine (C=N–C) groups is 1. The van der Waals surface area contributed by atoms with Gasteiger partial charge in [0.1, 0.15) is 0 Å². The summed E-state index contributed by atoms with van der Waals surface area (Å²) in [6, 6.07) is 7.88. The lowest BCUT2D eigenvalue weighted by Gasteiger charge is -2.20. The maximum atomic E-state index is 13.4. The van der Waals surface area contributed by atoms with Crippen LogP contribution < -0.4 is 16.7 Å². The third-order valence-corrected chi connectivity index (χ3v) is 6.64. The molecule has 178 valence electrons. The number of carbonyl (C=O) groups excluding carboxylic acids is 1. The highest BCUT2D eigenvalue weighted by Crippen LogP contribution is 2.32. The zero-order valence-corrected chi connectivity index (χ0v) is 20.2. The van der Waals surface area contributed by atoms with E-state index in [0.717, 1.165) is 26.4 Å². The molecule has 34 heavy (non-hydrogen) atoms. The van der Waals surface area contributed by atoms with Crippen LogP contribution in [-0.4, -0.2) is 43.0 Å². The lowest BCUT2D eigenvalue weighted by atomic mass is 10.1. The highest BCUT2D eigenvalue weighted by Gasteiger charge is 2.27. The highest BCUT2D eigenvalue weighted by atomic mass is 32.2. The predicted molar refractivity (Wildman–Crippen MR) is 133 cm³/mol. The highest BCUT2D eigenvalue weighted by molar-refractivity contribution is 8.14. The molecule has 2 aliphatic rings. The number of aryl methyl sites for hydroxylation is 1. The average Bonchev–Trinajstić information content (AvgIpc) is 3.17. The quantitative estimate of drug-likeness (QED) is 0.577. The van der Waals surface area contributed by atoms with Crippen LogP contribution in [0.3, 0.4) is 0 Å². The molecule has 1 aliphatic heterocycles. The van der Waals surface area contributed by atoms with E-state index in [4.69, 9.17) is 4.74 Å². The molecule has 2 heterocycles. The number of rotatable bonds is 8. The molecule has 2 unspecified atom stereocenters. The van der Waals surface area contributed by atoms with Crippen LogP contribution in [-0.2, 0) is 22.6 Å². The van der Waals surface area contributed by atoms with Gasteiger partial charge < -0.3 is 10.1 Å². The van der Waals surface area contributed by atoms with Crippen molar-refractivity contribution in [2.45, 2.75) is 51.6 Å². The summed E-state index contributed by atoms with van der Waals surface area (Å²) in [6.45, 7) is 6.02. The molecule has 0 fully saturated rings. The summed E-state index contributed by atoms with van der Waals surface area (Å²) in [5.74, 6) is -0.322. The van der Waals surface area contributed by atoms with Gasteiger partial charge in [0, 0.05) is 12.2 Å². The van der Waals surface area contributed by atoms with Crippen molar-refractivity contribution in [3.05, 3.63) is 80.3 Å². The fraction of sp³-hybridized carbons (Fsp3) is 0.375. The first-order chi connectivity index (χ1) is 16.3. The second-order valence-corrected chi connectivity index (χ2v) is 9.48. The molecule has 1 N–H and O–H groups in total. The molecule has 0 spiro atoms. The molecule has 4 rings (SSSR count). The molecule has 9 nitrogen and oxygen atoms in total. The standard InChI is InChI=1S/C24H27N5O4S/c1-4-33-21(30)11-12-28-23(31)27-22(26-18-9-10-19-20(13-18)34-16(3)25-19)29(24(28)32)14-17-7-5-15(2)6-8-17/h5-10,13,19-20H,4,11-12,14H2,1-3H3,(H,26,27,31). The first kappa shape index (κ1) is 23.7. The van der Waals surface area contributed by atoms with Crippen molar-refractivity contribution in [1.82, 2.24) is 14.1 Å². The number of benzene rings is 1. The van der Waals surface area contributed by atoms with Crippen LogP contribution in [0.5, 0.6) is 0 Å². The van der Waals surface area contributed by atoms with E-state index in [2.05, 4.69) is 15.3 Å². The largest absolute Gasteiger partial charge is 0.466 e. The maximum absolute atomic E-state index is 13.4. The smallest absolute Gasteiger partial charge is 0.354 e. The van der Waals surface area contributed by atoms with Gasteiger partial charge in [-0.25, -0.2) is 14.2 Å². The lowest BCUT2D eigenvalue weighted by molar-refractivity contribution is -0.143. The fourth-order valence-corrected chi connectivity index (χ4v) is 4.87. The molecular weight excluding hydrogens is 454 g/mol. The number of ether oxygens (including phenoxy) is 1. The summed E-state index contributed by atoms with van der Waals surface area (Å²) in [5.41, 5.74) is 1.47. The van der Waals surface area contributed by atoms with Gasteiger partial charge in [0.15, 0.2) is 0 Å². The molecule has 1 aromatic carbocycles. The Hall–Kier alpha value is -3.40. The first-order valence-corrected chi connectivity index (χ1v) is 12.0. The summed E-state index contributed by atoms with van der Waals surface area (Å²) < 4.78 is 7.32. The maximum Gasteiger partial charge on any atom is 0.354 e. The minimum Gasteiger partial charge on any atom is -0.466 e. The Kier molecular flexibility index (Phi) is 7.16. The van der Waals surface area contributed by atoms with Crippen LogP contribution in [0.15, 0.2) is 62.8 Å². The van der Waals surface area contributed by atoms with Gasteiger partial charge in [-0.3, -0.25) is 14.4 Å². The number of carbonyl (C=O) groups is 1. The van der Waals surface area contributed by atoms with E-state index in [0.29, 0.717) is 0 Å². The monoisotopic (exact) mass is 481 g/mol. The summed E-state index contributed by atoms with van der Waals surface area (Å²) in [7, 11) is 0. The number of fused-ring (bicyclic) bond motifs is 1. The molecular formula is C24H27N5O4S. The number of hydrogen-bond donors (Lipinski definition) is 1. The molecule has 1 aromatic heterocycles. The molecule has 10 heteroatoms. The van der Waals surface area contributed by atoms with Gasteiger partial charge in [-0.15, -0.1) is 11.8 Å². The van der Waals surface area contributed by atoms with E-state index in [1.165, 1.54) is 4.57 Å². The van der Waals surface area contributed by atoms with Gasteiger partial charge in [-0.2, -0.15) is 4.98 Å². The Morgan fingerprint density at radius 2 is 1.94 bits per heavy atom. The minimum atomic E-state index is -0.718. The van der Waals surface area contributed by atoms with Gasteiger partial charge in [-0.05, 0) is 38.5 Å². The van der Waals surface area contributed by atoms with Gasteiger partial charge in [-0.1, -0.05) is 35.9 Å². The second kappa shape index (κ2) is 10.3. The second-order valence-electron chi connectivity index (χ2n) is 8.11. The summed E-state index contributed by atoms with van der Waals surface area (Å²) >= 11 is 1.68. The van der Waals surface area contributed by atoms with Crippen LogP contribution in [0.25, 0.3) is 0 Å². The van der Waals surface area contributed by atoms with Crippen LogP contribution in [0, 0.1) is 6.92 Å². The third kappa shape index (κ3) is 5.39. The Morgan fingerprint density at radius 3 is 2.68 bits per heavy atom. The minimum absolute atomic E-state index is 0.0878. The van der Waals surface area contributed by atoms with Crippen molar-refractivity contribution in [3.63, 3.8) is 0 Å². The first-order valence-electron chi connectivity index (χ1n) is 11.1. The van der Waals surface area contributed by atoms with Gasteiger partial charge in [0.2, 0.25) is 5.95 Å². The average molecular weight is 482 g/mol. The SMILES string of the molecule is CCOC(=O)CCn1c(=O)nc(NC2=CC3SC(C)=NC3C=C2)n(Cc2ccc(C)cc2)c1=O. The molecule has 1 aliphatic carbocycles. The van der Waals surface area contributed by atoms with Crippen LogP contribution in [0.1, 0.15) is 31.4 Å². The number of esters is 1. The van der Waals surface area contributed by atoms with E-state index < -0.39 is 17.3 Å². The number of allylic oxidation sites excluding steroid dienone is 1. The van der Waals surface area contributed by atoms with Crippen molar-refractivity contribution >= 4 is 28.7 Å². The molecule has 0 saturated heterocycles. The Labute approximate surface area is 201 Å². The number of nitrogens with zero attached hydrogens (tertiary/aromatic N) is 4. The third-order valence-electron chi connectivity index (χ3n) is 5.50. The molecule has 0 radical (unpaired) electrons. The van der Waals surface area contributed by atoms with E-state index >= 15 is 0 Å². The van der Waals surface area contributed by atoms with E-state index in [9.17, 15) is 14.4 Å². The molecule has 0 amide bonds. The fourth-order valence-electron chi connectivity index (χ4n) is 3.78. The number of hydrogen-bond acceptors (Lipinski definition) is 8. The number of thioether (sulfide) groups is 1.